The summed E-state index contributed by atoms with van der Waals surface area (Å²) in [7, 11) is 0. The van der Waals surface area contributed by atoms with Gasteiger partial charge < -0.3 is 15.2 Å². The molecule has 1 aliphatic carbocycles. The van der Waals surface area contributed by atoms with Gasteiger partial charge in [-0.25, -0.2) is 0 Å². The quantitative estimate of drug-likeness (QED) is 0.883. The Balaban J connectivity index is 2.10. The van der Waals surface area contributed by atoms with Gasteiger partial charge in [-0.3, -0.25) is 0 Å². The normalized spacial score (nSPS) is 20.8. The predicted octanol–water partition coefficient (Wildman–Crippen LogP) is 3.66. The number of hydrogen-bond acceptors (Lipinski definition) is 3. The van der Waals surface area contributed by atoms with E-state index in [9.17, 15) is 0 Å². The molecule has 0 atom stereocenters. The second-order valence-electron chi connectivity index (χ2n) is 6.13. The van der Waals surface area contributed by atoms with Crippen LogP contribution in [-0.4, -0.2) is 6.79 Å². The van der Waals surface area contributed by atoms with Crippen LogP contribution in [0, 0.1) is 0 Å². The largest absolute Gasteiger partial charge is 0.454 e. The van der Waals surface area contributed by atoms with E-state index >= 15 is 0 Å². The van der Waals surface area contributed by atoms with E-state index in [0.717, 1.165) is 24.3 Å². The molecule has 1 aliphatic heterocycles. The van der Waals surface area contributed by atoms with Crippen molar-refractivity contribution in [3.8, 4) is 11.5 Å². The first-order valence-corrected chi connectivity index (χ1v) is 7.34. The lowest BCUT2D eigenvalue weighted by Gasteiger charge is -2.36. The fourth-order valence-corrected chi connectivity index (χ4v) is 3.45. The highest BCUT2D eigenvalue weighted by Crippen LogP contribution is 2.46. The Bertz CT molecular complexity index is 476. The van der Waals surface area contributed by atoms with Crippen molar-refractivity contribution in [2.24, 2.45) is 5.73 Å². The summed E-state index contributed by atoms with van der Waals surface area (Å²) in [6, 6.07) is 4.18. The highest BCUT2D eigenvalue weighted by Gasteiger charge is 2.35. The fourth-order valence-electron chi connectivity index (χ4n) is 3.45. The average Bonchev–Trinajstić information content (AvgIpc) is 2.86. The van der Waals surface area contributed by atoms with Crippen molar-refractivity contribution in [2.45, 2.75) is 57.4 Å². The van der Waals surface area contributed by atoms with E-state index in [4.69, 9.17) is 15.2 Å². The molecule has 0 amide bonds. The lowest BCUT2D eigenvalue weighted by molar-refractivity contribution is 0.173. The molecule has 3 nitrogen and oxygen atoms in total. The topological polar surface area (TPSA) is 44.5 Å². The zero-order valence-electron chi connectivity index (χ0n) is 11.9. The minimum Gasteiger partial charge on any atom is -0.454 e. The third kappa shape index (κ3) is 2.10. The summed E-state index contributed by atoms with van der Waals surface area (Å²) in [6.07, 6.45) is 5.91. The first-order valence-electron chi connectivity index (χ1n) is 7.34. The first kappa shape index (κ1) is 12.8. The molecule has 3 rings (SSSR count). The number of ether oxygens (including phenoxy) is 2. The molecule has 0 bridgehead atoms. The molecule has 0 radical (unpaired) electrons. The molecule has 1 heterocycles. The smallest absolute Gasteiger partial charge is 0.231 e. The van der Waals surface area contributed by atoms with Crippen LogP contribution in [0.1, 0.15) is 63.0 Å². The highest BCUT2D eigenvalue weighted by atomic mass is 16.7. The molecule has 0 saturated heterocycles. The van der Waals surface area contributed by atoms with Gasteiger partial charge in [-0.15, -0.1) is 0 Å². The molecular formula is C16H23NO2. The van der Waals surface area contributed by atoms with Crippen LogP contribution < -0.4 is 15.2 Å². The lowest BCUT2D eigenvalue weighted by atomic mass is 9.74. The average molecular weight is 261 g/mol. The van der Waals surface area contributed by atoms with Gasteiger partial charge >= 0.3 is 0 Å². The van der Waals surface area contributed by atoms with Gasteiger partial charge in [-0.1, -0.05) is 39.2 Å². The van der Waals surface area contributed by atoms with E-state index < -0.39 is 0 Å². The molecule has 104 valence electrons. The molecule has 1 saturated carbocycles. The van der Waals surface area contributed by atoms with E-state index in [-0.39, 0.29) is 5.54 Å². The molecule has 1 fully saturated rings. The Morgan fingerprint density at radius 3 is 2.53 bits per heavy atom. The van der Waals surface area contributed by atoms with Gasteiger partial charge in [0, 0.05) is 11.1 Å². The van der Waals surface area contributed by atoms with Crippen molar-refractivity contribution >= 4 is 0 Å². The van der Waals surface area contributed by atoms with Crippen molar-refractivity contribution < 1.29 is 9.47 Å². The maximum atomic E-state index is 6.72. The zero-order valence-corrected chi connectivity index (χ0v) is 11.9. The molecule has 2 N–H and O–H groups in total. The third-order valence-electron chi connectivity index (χ3n) is 4.44. The van der Waals surface area contributed by atoms with Crippen molar-refractivity contribution in [3.05, 3.63) is 23.3 Å². The van der Waals surface area contributed by atoms with Gasteiger partial charge in [0.25, 0.3) is 0 Å². The Kier molecular flexibility index (Phi) is 3.17. The van der Waals surface area contributed by atoms with Gasteiger partial charge in [0.15, 0.2) is 11.5 Å². The van der Waals surface area contributed by atoms with Gasteiger partial charge in [0.1, 0.15) is 0 Å². The second kappa shape index (κ2) is 4.71. The first-order chi connectivity index (χ1) is 9.12. The molecule has 1 aromatic rings. The van der Waals surface area contributed by atoms with Gasteiger partial charge in [0.2, 0.25) is 6.79 Å². The van der Waals surface area contributed by atoms with Crippen LogP contribution in [0.25, 0.3) is 0 Å². The van der Waals surface area contributed by atoms with Crippen LogP contribution in [0.5, 0.6) is 11.5 Å². The summed E-state index contributed by atoms with van der Waals surface area (Å²) in [4.78, 5) is 0. The van der Waals surface area contributed by atoms with Crippen molar-refractivity contribution in [1.29, 1.82) is 0 Å². The standard InChI is InChI=1S/C16H23NO2/c1-11(2)14-12(16(17)8-4-3-5-9-16)6-7-13-15(14)19-10-18-13/h6-7,11H,3-5,8-10,17H2,1-2H3. The summed E-state index contributed by atoms with van der Waals surface area (Å²) >= 11 is 0. The van der Waals surface area contributed by atoms with Gasteiger partial charge in [-0.05, 0) is 30.4 Å². The van der Waals surface area contributed by atoms with E-state index in [2.05, 4.69) is 19.9 Å². The van der Waals surface area contributed by atoms with E-state index in [1.807, 2.05) is 6.07 Å². The molecule has 0 unspecified atom stereocenters. The molecule has 3 heteroatoms. The molecule has 2 aliphatic rings. The second-order valence-corrected chi connectivity index (χ2v) is 6.13. The lowest BCUT2D eigenvalue weighted by Crippen LogP contribution is -2.39. The zero-order chi connectivity index (χ0) is 13.5. The predicted molar refractivity (Wildman–Crippen MR) is 75.6 cm³/mol. The highest BCUT2D eigenvalue weighted by molar-refractivity contribution is 5.55. The fraction of sp³-hybridized carbons (Fsp3) is 0.625. The summed E-state index contributed by atoms with van der Waals surface area (Å²) in [6.45, 7) is 4.73. The Morgan fingerprint density at radius 2 is 1.84 bits per heavy atom. The Hall–Kier alpha value is -1.22. The Morgan fingerprint density at radius 1 is 1.11 bits per heavy atom. The Labute approximate surface area is 115 Å². The third-order valence-corrected chi connectivity index (χ3v) is 4.44. The molecule has 0 aromatic heterocycles. The summed E-state index contributed by atoms with van der Waals surface area (Å²) in [5, 5.41) is 0. The van der Waals surface area contributed by atoms with Crippen LogP contribution in [0.2, 0.25) is 0 Å². The van der Waals surface area contributed by atoms with E-state index in [1.165, 1.54) is 30.4 Å². The molecule has 0 spiro atoms. The number of fused-ring (bicyclic) bond motifs is 1. The van der Waals surface area contributed by atoms with Gasteiger partial charge in [0.05, 0.1) is 0 Å². The van der Waals surface area contributed by atoms with E-state index in [0.29, 0.717) is 12.7 Å². The maximum Gasteiger partial charge on any atom is 0.231 e. The van der Waals surface area contributed by atoms with E-state index in [1.54, 1.807) is 0 Å². The van der Waals surface area contributed by atoms with Gasteiger partial charge in [-0.2, -0.15) is 0 Å². The molecular weight excluding hydrogens is 238 g/mol. The van der Waals surface area contributed by atoms with Crippen LogP contribution in [0.15, 0.2) is 12.1 Å². The van der Waals surface area contributed by atoms with Crippen molar-refractivity contribution in [3.63, 3.8) is 0 Å². The van der Waals surface area contributed by atoms with Crippen LogP contribution >= 0.6 is 0 Å². The molecule has 1 aromatic carbocycles. The van der Waals surface area contributed by atoms with Crippen LogP contribution in [0.3, 0.4) is 0 Å². The monoisotopic (exact) mass is 261 g/mol. The number of rotatable bonds is 2. The summed E-state index contributed by atoms with van der Waals surface area (Å²) in [5.74, 6) is 2.18. The molecule has 19 heavy (non-hydrogen) atoms. The van der Waals surface area contributed by atoms with Crippen LogP contribution in [-0.2, 0) is 5.54 Å². The SMILES string of the molecule is CC(C)c1c(C2(N)CCCCC2)ccc2c1OCO2. The van der Waals surface area contributed by atoms with Crippen molar-refractivity contribution in [2.75, 3.05) is 6.79 Å². The number of hydrogen-bond donors (Lipinski definition) is 1. The summed E-state index contributed by atoms with van der Waals surface area (Å²) in [5.41, 5.74) is 9.05. The van der Waals surface area contributed by atoms with Crippen LogP contribution in [0.4, 0.5) is 0 Å². The maximum absolute atomic E-state index is 6.72. The number of nitrogens with two attached hydrogens (primary N) is 1. The summed E-state index contributed by atoms with van der Waals surface area (Å²) < 4.78 is 11.2. The minimum atomic E-state index is -0.182. The van der Waals surface area contributed by atoms with Crippen molar-refractivity contribution in [1.82, 2.24) is 0 Å². The number of benzene rings is 1. The minimum absolute atomic E-state index is 0.182.